The highest BCUT2D eigenvalue weighted by atomic mass is 32.2. The second kappa shape index (κ2) is 6.87. The summed E-state index contributed by atoms with van der Waals surface area (Å²) < 4.78 is 0. The van der Waals surface area contributed by atoms with Gasteiger partial charge in [0, 0.05) is 5.25 Å². The van der Waals surface area contributed by atoms with E-state index in [1.54, 1.807) is 7.11 Å². The van der Waals surface area contributed by atoms with E-state index in [0.717, 1.165) is 18.5 Å². The average Bonchev–Trinajstić information content (AvgIpc) is 2.94. The number of allylic oxidation sites excluding steroid dienone is 3. The minimum Gasteiger partial charge on any atom is -0.392 e. The van der Waals surface area contributed by atoms with Crippen molar-refractivity contribution in [3.63, 3.8) is 0 Å². The first-order valence-corrected chi connectivity index (χ1v) is 9.67. The van der Waals surface area contributed by atoms with Crippen molar-refractivity contribution < 1.29 is 9.94 Å². The van der Waals surface area contributed by atoms with Crippen molar-refractivity contribution in [2.75, 3.05) is 7.11 Å². The molecule has 2 N–H and O–H groups in total. The van der Waals surface area contributed by atoms with Crippen LogP contribution in [0.25, 0.3) is 16.3 Å². The van der Waals surface area contributed by atoms with E-state index in [0.29, 0.717) is 5.25 Å². The first-order chi connectivity index (χ1) is 12.2. The van der Waals surface area contributed by atoms with E-state index in [2.05, 4.69) is 47.9 Å². The molecule has 130 valence electrons. The third-order valence-corrected chi connectivity index (χ3v) is 6.71. The number of benzene rings is 2. The Hall–Kier alpha value is -1.75. The van der Waals surface area contributed by atoms with Gasteiger partial charge in [-0.05, 0) is 53.3 Å². The summed E-state index contributed by atoms with van der Waals surface area (Å²) in [7, 11) is 1.63. The molecule has 2 unspecified atom stereocenters. The monoisotopic (exact) mass is 353 g/mol. The molecule has 2 heterocycles. The molecule has 2 aromatic rings. The molecule has 0 aliphatic carbocycles. The number of thioether (sulfide) groups is 1. The van der Waals surface area contributed by atoms with E-state index in [1.807, 2.05) is 24.8 Å². The van der Waals surface area contributed by atoms with Gasteiger partial charge < -0.3 is 5.11 Å². The second-order valence-electron chi connectivity index (χ2n) is 6.65. The minimum atomic E-state index is -0.295. The summed E-state index contributed by atoms with van der Waals surface area (Å²) in [5, 5.41) is 13.7. The first-order valence-electron chi connectivity index (χ1n) is 8.72. The molecule has 0 saturated carbocycles. The molecule has 0 spiro atoms. The number of nitrogens with one attached hydrogen (secondary N) is 1. The molecule has 4 rings (SSSR count). The van der Waals surface area contributed by atoms with Crippen LogP contribution in [-0.4, -0.2) is 28.8 Å². The highest BCUT2D eigenvalue weighted by Crippen LogP contribution is 2.51. The highest BCUT2D eigenvalue weighted by molar-refractivity contribution is 8.01. The maximum absolute atomic E-state index is 10.6. The average molecular weight is 353 g/mol. The summed E-state index contributed by atoms with van der Waals surface area (Å²) in [6.45, 7) is 2.00. The maximum Gasteiger partial charge on any atom is 0.0711 e. The van der Waals surface area contributed by atoms with Gasteiger partial charge in [-0.2, -0.15) is 0 Å². The van der Waals surface area contributed by atoms with Crippen molar-refractivity contribution in [1.82, 2.24) is 5.48 Å². The zero-order chi connectivity index (χ0) is 17.4. The van der Waals surface area contributed by atoms with Crippen molar-refractivity contribution in [3.8, 4) is 0 Å². The van der Waals surface area contributed by atoms with Crippen molar-refractivity contribution >= 4 is 28.1 Å². The Bertz CT molecular complexity index is 858. The second-order valence-corrected chi connectivity index (χ2v) is 8.10. The Morgan fingerprint density at radius 3 is 2.80 bits per heavy atom. The van der Waals surface area contributed by atoms with Crippen LogP contribution in [0.4, 0.5) is 0 Å². The topological polar surface area (TPSA) is 41.5 Å². The first kappa shape index (κ1) is 16.7. The Morgan fingerprint density at radius 2 is 2.04 bits per heavy atom. The Balaban J connectivity index is 1.88. The highest BCUT2D eigenvalue weighted by Gasteiger charge is 2.42. The zero-order valence-corrected chi connectivity index (χ0v) is 15.3. The van der Waals surface area contributed by atoms with Gasteiger partial charge in [0.2, 0.25) is 0 Å². The smallest absolute Gasteiger partial charge is 0.0711 e. The molecule has 2 aliphatic rings. The van der Waals surface area contributed by atoms with Crippen LogP contribution in [0.3, 0.4) is 0 Å². The third kappa shape index (κ3) is 2.99. The van der Waals surface area contributed by atoms with Gasteiger partial charge in [0.05, 0.1) is 24.2 Å². The molecule has 3 nitrogen and oxygen atoms in total. The number of hydrogen-bond donors (Lipinski definition) is 2. The summed E-state index contributed by atoms with van der Waals surface area (Å²) in [6.07, 6.45) is 3.58. The lowest BCUT2D eigenvalue weighted by Gasteiger charge is -2.29. The molecule has 4 heteroatoms. The summed E-state index contributed by atoms with van der Waals surface area (Å²) in [4.78, 5) is 5.20. The third-order valence-electron chi connectivity index (χ3n) is 5.12. The summed E-state index contributed by atoms with van der Waals surface area (Å²) in [5.41, 5.74) is 7.74. The fourth-order valence-electron chi connectivity index (χ4n) is 3.99. The molecule has 2 bridgehead atoms. The van der Waals surface area contributed by atoms with Crippen molar-refractivity contribution in [2.45, 2.75) is 36.4 Å². The lowest BCUT2D eigenvalue weighted by molar-refractivity contribution is 0.118. The number of hydroxylamine groups is 1. The van der Waals surface area contributed by atoms with Crippen LogP contribution in [0.5, 0.6) is 0 Å². The minimum absolute atomic E-state index is 0.106. The molecular formula is C21H23NO2S. The molecule has 1 fully saturated rings. The van der Waals surface area contributed by atoms with E-state index in [-0.39, 0.29) is 11.4 Å². The van der Waals surface area contributed by atoms with Crippen LogP contribution in [-0.2, 0) is 4.84 Å². The normalized spacial score (nSPS) is 26.4. The Kier molecular flexibility index (Phi) is 4.59. The number of aliphatic hydroxyl groups excluding tert-OH is 1. The Morgan fingerprint density at radius 1 is 1.24 bits per heavy atom. The van der Waals surface area contributed by atoms with Gasteiger partial charge in [-0.15, -0.1) is 11.8 Å². The van der Waals surface area contributed by atoms with Gasteiger partial charge in [0.1, 0.15) is 0 Å². The fourth-order valence-corrected chi connectivity index (χ4v) is 5.68. The predicted octanol–water partition coefficient (Wildman–Crippen LogP) is 4.29. The summed E-state index contributed by atoms with van der Waals surface area (Å²) >= 11 is 1.90. The molecule has 25 heavy (non-hydrogen) atoms. The van der Waals surface area contributed by atoms with E-state index in [9.17, 15) is 5.11 Å². The van der Waals surface area contributed by atoms with Crippen LogP contribution in [0.2, 0.25) is 0 Å². The van der Waals surface area contributed by atoms with Gasteiger partial charge in [-0.1, -0.05) is 42.5 Å². The van der Waals surface area contributed by atoms with Crippen molar-refractivity contribution in [1.29, 1.82) is 0 Å². The summed E-state index contributed by atoms with van der Waals surface area (Å²) in [5.74, 6) is 0. The lowest BCUT2D eigenvalue weighted by Crippen LogP contribution is -2.27. The van der Waals surface area contributed by atoms with Gasteiger partial charge in [-0.25, -0.2) is 0 Å². The lowest BCUT2D eigenvalue weighted by atomic mass is 9.91. The van der Waals surface area contributed by atoms with Crippen molar-refractivity contribution in [2.24, 2.45) is 0 Å². The predicted molar refractivity (Wildman–Crippen MR) is 105 cm³/mol. The molecule has 0 amide bonds. The van der Waals surface area contributed by atoms with E-state index < -0.39 is 0 Å². The maximum atomic E-state index is 10.6. The fraction of sp³-hybridized carbons (Fsp3) is 0.333. The number of aliphatic hydroxyl groups is 1. The van der Waals surface area contributed by atoms with E-state index in [1.165, 1.54) is 27.5 Å². The van der Waals surface area contributed by atoms with Crippen LogP contribution in [0.15, 0.2) is 59.8 Å². The zero-order valence-electron chi connectivity index (χ0n) is 14.5. The molecule has 0 radical (unpaired) electrons. The number of rotatable bonds is 4. The molecule has 2 aromatic carbocycles. The van der Waals surface area contributed by atoms with E-state index in [4.69, 9.17) is 4.84 Å². The van der Waals surface area contributed by atoms with Crippen LogP contribution in [0.1, 0.15) is 25.3 Å². The van der Waals surface area contributed by atoms with Gasteiger partial charge in [0.15, 0.2) is 0 Å². The molecular weight excluding hydrogens is 330 g/mol. The molecule has 0 aromatic heterocycles. The van der Waals surface area contributed by atoms with Crippen LogP contribution < -0.4 is 5.48 Å². The Labute approximate surface area is 152 Å². The van der Waals surface area contributed by atoms with E-state index >= 15 is 0 Å². The van der Waals surface area contributed by atoms with Crippen LogP contribution in [0, 0.1) is 0 Å². The van der Waals surface area contributed by atoms with Gasteiger partial charge >= 0.3 is 0 Å². The standard InChI is InChI=1S/C21H23NO2S/c1-3-18(22-24-2)20-17(11-16-12-19(23)21(20)25-16)15-9-8-13-6-4-5-7-14(13)10-15/h3-10,16,19,21-23H,11-12H2,1-2H3/t16?,19?,21-/m1/s1. The SMILES string of the molecule is CC=C(NOC)C1=C(c2ccc3ccccc3c2)CC2CC(O)[C@H]1S2. The van der Waals surface area contributed by atoms with Gasteiger partial charge in [-0.3, -0.25) is 10.3 Å². The molecule has 3 atom stereocenters. The molecule has 2 aliphatic heterocycles. The summed E-state index contributed by atoms with van der Waals surface area (Å²) in [6, 6.07) is 15.1. The quantitative estimate of drug-likeness (QED) is 0.805. The number of hydrogen-bond acceptors (Lipinski definition) is 4. The van der Waals surface area contributed by atoms with Crippen LogP contribution >= 0.6 is 11.8 Å². The van der Waals surface area contributed by atoms with Gasteiger partial charge in [0.25, 0.3) is 0 Å². The number of fused-ring (bicyclic) bond motifs is 3. The van der Waals surface area contributed by atoms with Crippen molar-refractivity contribution in [3.05, 3.63) is 65.4 Å². The largest absolute Gasteiger partial charge is 0.392 e. The molecule has 1 saturated heterocycles.